The van der Waals surface area contributed by atoms with Crippen molar-refractivity contribution in [2.45, 2.75) is 12.8 Å². The average molecular weight is 258 g/mol. The third-order valence-corrected chi connectivity index (χ3v) is 1.89. The Hall–Kier alpha value is -2.05. The predicted molar refractivity (Wildman–Crippen MR) is 59.6 cm³/mol. The van der Waals surface area contributed by atoms with Gasteiger partial charge >= 0.3 is 5.97 Å². The summed E-state index contributed by atoms with van der Waals surface area (Å²) in [6.45, 7) is 3.25. The first-order chi connectivity index (χ1) is 8.39. The second kappa shape index (κ2) is 5.52. The van der Waals surface area contributed by atoms with Crippen LogP contribution in [0.3, 0.4) is 0 Å². The minimum absolute atomic E-state index is 0.126. The molecule has 5 nitrogen and oxygen atoms in total. The maximum Gasteiger partial charge on any atom is 0.345 e. The summed E-state index contributed by atoms with van der Waals surface area (Å²) in [5.74, 6) is -4.07. The van der Waals surface area contributed by atoms with Crippen LogP contribution in [0, 0.1) is 0 Å². The molecule has 0 unspecified atom stereocenters. The lowest BCUT2D eigenvalue weighted by Crippen LogP contribution is -2.22. The van der Waals surface area contributed by atoms with Crippen LogP contribution in [0.5, 0.6) is 5.88 Å². The Bertz CT molecular complexity index is 458. The molecule has 0 spiro atoms. The second-order valence-corrected chi connectivity index (χ2v) is 3.49. The molecular weight excluding hydrogens is 246 g/mol. The van der Waals surface area contributed by atoms with E-state index in [1.807, 2.05) is 0 Å². The lowest BCUT2D eigenvalue weighted by molar-refractivity contribution is -0.0247. The first kappa shape index (κ1) is 14.0. The topological polar surface area (TPSA) is 61.3 Å². The van der Waals surface area contributed by atoms with Crippen LogP contribution < -0.4 is 4.74 Å². The van der Waals surface area contributed by atoms with Crippen LogP contribution >= 0.6 is 0 Å². The molecule has 18 heavy (non-hydrogen) atoms. The summed E-state index contributed by atoms with van der Waals surface area (Å²) < 4.78 is 34.7. The van der Waals surface area contributed by atoms with E-state index in [-0.39, 0.29) is 17.1 Å². The molecule has 0 fully saturated rings. The highest BCUT2D eigenvalue weighted by Crippen LogP contribution is 2.22. The molecule has 0 aliphatic heterocycles. The van der Waals surface area contributed by atoms with Gasteiger partial charge in [0.1, 0.15) is 11.9 Å². The zero-order chi connectivity index (χ0) is 13.8. The number of carbonyl (C=O) groups excluding carboxylic acids is 1. The van der Waals surface area contributed by atoms with E-state index in [2.05, 4.69) is 21.3 Å². The number of aromatic nitrogens is 2. The molecule has 0 aliphatic carbocycles. The van der Waals surface area contributed by atoms with E-state index in [1.54, 1.807) is 0 Å². The number of esters is 1. The highest BCUT2D eigenvalue weighted by molar-refractivity contribution is 5.95. The van der Waals surface area contributed by atoms with Gasteiger partial charge in [0.05, 0.1) is 12.8 Å². The van der Waals surface area contributed by atoms with Crippen molar-refractivity contribution in [2.75, 3.05) is 13.7 Å². The Morgan fingerprint density at radius 3 is 2.72 bits per heavy atom. The van der Waals surface area contributed by atoms with Crippen molar-refractivity contribution in [3.05, 3.63) is 24.2 Å². The van der Waals surface area contributed by atoms with Crippen LogP contribution in [0.1, 0.15) is 23.0 Å². The van der Waals surface area contributed by atoms with E-state index in [0.717, 1.165) is 13.4 Å². The summed E-state index contributed by atoms with van der Waals surface area (Å²) in [4.78, 5) is 18.9. The van der Waals surface area contributed by atoms with E-state index < -0.39 is 18.5 Å². The number of hydrogen-bond acceptors (Lipinski definition) is 5. The lowest BCUT2D eigenvalue weighted by atomic mass is 10.2. The predicted octanol–water partition coefficient (Wildman–Crippen LogP) is 1.94. The fourth-order valence-corrected chi connectivity index (χ4v) is 1.14. The summed E-state index contributed by atoms with van der Waals surface area (Å²) in [7, 11) is 1.15. The quantitative estimate of drug-likeness (QED) is 0.755. The van der Waals surface area contributed by atoms with Gasteiger partial charge in [0.2, 0.25) is 5.88 Å². The Balaban J connectivity index is 3.10. The summed E-state index contributed by atoms with van der Waals surface area (Å²) in [5.41, 5.74) is 0.0329. The standard InChI is InChI=1S/C11H12F2N2O3/c1-4-7-8(10(16)17-3)9(15-6-14-7)18-5-11(2,12)13/h4,6H,1,5H2,2-3H3. The van der Waals surface area contributed by atoms with Crippen molar-refractivity contribution in [2.24, 2.45) is 0 Å². The summed E-state index contributed by atoms with van der Waals surface area (Å²) >= 11 is 0. The van der Waals surface area contributed by atoms with E-state index in [1.165, 1.54) is 6.08 Å². The molecule has 1 heterocycles. The van der Waals surface area contributed by atoms with Gasteiger partial charge in [0.15, 0.2) is 6.61 Å². The molecule has 0 aromatic carbocycles. The van der Waals surface area contributed by atoms with Crippen LogP contribution in [-0.4, -0.2) is 35.6 Å². The van der Waals surface area contributed by atoms with Crippen molar-refractivity contribution < 1.29 is 23.0 Å². The lowest BCUT2D eigenvalue weighted by Gasteiger charge is -2.13. The van der Waals surface area contributed by atoms with Crippen LogP contribution in [0.2, 0.25) is 0 Å². The minimum atomic E-state index is -3.04. The minimum Gasteiger partial charge on any atom is -0.471 e. The van der Waals surface area contributed by atoms with Crippen molar-refractivity contribution >= 4 is 12.0 Å². The smallest absolute Gasteiger partial charge is 0.345 e. The van der Waals surface area contributed by atoms with Gasteiger partial charge in [-0.05, 0) is 6.08 Å². The molecule has 0 N–H and O–H groups in total. The van der Waals surface area contributed by atoms with Crippen LogP contribution in [0.15, 0.2) is 12.9 Å². The molecule has 0 amide bonds. The molecule has 0 saturated heterocycles. The van der Waals surface area contributed by atoms with Gasteiger partial charge in [-0.15, -0.1) is 0 Å². The maximum absolute atomic E-state index is 12.7. The molecule has 1 aromatic rings. The molecule has 0 bridgehead atoms. The molecule has 1 rings (SSSR count). The molecule has 0 atom stereocenters. The van der Waals surface area contributed by atoms with Crippen LogP contribution in [0.4, 0.5) is 8.78 Å². The molecule has 98 valence electrons. The number of ether oxygens (including phenoxy) is 2. The average Bonchev–Trinajstić information content (AvgIpc) is 2.33. The zero-order valence-electron chi connectivity index (χ0n) is 9.94. The van der Waals surface area contributed by atoms with Gasteiger partial charge in [0.25, 0.3) is 5.92 Å². The Labute approximate surface area is 102 Å². The molecular formula is C11H12F2N2O3. The van der Waals surface area contributed by atoms with Gasteiger partial charge in [-0.2, -0.15) is 0 Å². The van der Waals surface area contributed by atoms with Crippen LogP contribution in [0.25, 0.3) is 6.08 Å². The molecule has 0 aliphatic rings. The normalized spacial score (nSPS) is 10.9. The number of hydrogen-bond donors (Lipinski definition) is 0. The van der Waals surface area contributed by atoms with Crippen molar-refractivity contribution in [3.63, 3.8) is 0 Å². The van der Waals surface area contributed by atoms with E-state index in [9.17, 15) is 13.6 Å². The maximum atomic E-state index is 12.7. The number of alkyl halides is 2. The SMILES string of the molecule is C=Cc1ncnc(OCC(C)(F)F)c1C(=O)OC. The monoisotopic (exact) mass is 258 g/mol. The highest BCUT2D eigenvalue weighted by atomic mass is 19.3. The van der Waals surface area contributed by atoms with E-state index in [0.29, 0.717) is 6.92 Å². The van der Waals surface area contributed by atoms with Crippen molar-refractivity contribution in [3.8, 4) is 5.88 Å². The highest BCUT2D eigenvalue weighted by Gasteiger charge is 2.25. The van der Waals surface area contributed by atoms with Gasteiger partial charge in [-0.1, -0.05) is 6.58 Å². The first-order valence-electron chi connectivity index (χ1n) is 4.95. The number of carbonyl (C=O) groups is 1. The van der Waals surface area contributed by atoms with E-state index >= 15 is 0 Å². The Morgan fingerprint density at radius 1 is 1.56 bits per heavy atom. The molecule has 0 saturated carbocycles. The molecule has 0 radical (unpaired) electrons. The summed E-state index contributed by atoms with van der Waals surface area (Å²) in [6, 6.07) is 0. The first-order valence-corrected chi connectivity index (χ1v) is 4.95. The zero-order valence-corrected chi connectivity index (χ0v) is 9.94. The van der Waals surface area contributed by atoms with Gasteiger partial charge < -0.3 is 9.47 Å². The van der Waals surface area contributed by atoms with Crippen LogP contribution in [-0.2, 0) is 4.74 Å². The fourth-order valence-electron chi connectivity index (χ4n) is 1.14. The van der Waals surface area contributed by atoms with Crippen molar-refractivity contribution in [1.29, 1.82) is 0 Å². The van der Waals surface area contributed by atoms with Gasteiger partial charge in [-0.3, -0.25) is 0 Å². The Kier molecular flexibility index (Phi) is 4.30. The Morgan fingerprint density at radius 2 is 2.22 bits per heavy atom. The third-order valence-electron chi connectivity index (χ3n) is 1.89. The number of methoxy groups -OCH3 is 1. The van der Waals surface area contributed by atoms with Crippen molar-refractivity contribution in [1.82, 2.24) is 9.97 Å². The summed E-state index contributed by atoms with van der Waals surface area (Å²) in [5, 5.41) is 0. The number of rotatable bonds is 5. The fraction of sp³-hybridized carbons (Fsp3) is 0.364. The van der Waals surface area contributed by atoms with E-state index in [4.69, 9.17) is 4.74 Å². The number of halogens is 2. The third kappa shape index (κ3) is 3.47. The summed E-state index contributed by atoms with van der Waals surface area (Å²) in [6.07, 6.45) is 2.37. The van der Waals surface area contributed by atoms with Gasteiger partial charge in [-0.25, -0.2) is 23.5 Å². The molecule has 7 heteroatoms. The van der Waals surface area contributed by atoms with Gasteiger partial charge in [0, 0.05) is 6.92 Å². The second-order valence-electron chi connectivity index (χ2n) is 3.49. The number of nitrogens with zero attached hydrogens (tertiary/aromatic N) is 2. The largest absolute Gasteiger partial charge is 0.471 e. The molecule has 1 aromatic heterocycles.